The molecule has 0 aliphatic rings. The summed E-state index contributed by atoms with van der Waals surface area (Å²) in [6.45, 7) is 6.81. The summed E-state index contributed by atoms with van der Waals surface area (Å²) in [6.07, 6.45) is -0.227. The third kappa shape index (κ3) is 8.98. The Kier molecular flexibility index (Phi) is 9.58. The molecule has 0 aliphatic heterocycles. The first-order valence-corrected chi connectivity index (χ1v) is 6.50. The molecule has 21 heavy (non-hydrogen) atoms. The van der Waals surface area contributed by atoms with Gasteiger partial charge >= 0.3 is 17.9 Å². The van der Waals surface area contributed by atoms with Gasteiger partial charge in [-0.05, 0) is 18.3 Å². The van der Waals surface area contributed by atoms with E-state index in [-0.39, 0.29) is 0 Å². The Labute approximate surface area is 123 Å². The second kappa shape index (κ2) is 9.30. The van der Waals surface area contributed by atoms with Gasteiger partial charge in [0.25, 0.3) is 0 Å². The van der Waals surface area contributed by atoms with Crippen molar-refractivity contribution in [3.63, 3.8) is 0 Å². The molecule has 0 amide bonds. The molecule has 0 saturated carbocycles. The van der Waals surface area contributed by atoms with Crippen molar-refractivity contribution in [1.82, 2.24) is 0 Å². The predicted octanol–water partition coefficient (Wildman–Crippen LogP) is 0.377. The van der Waals surface area contributed by atoms with Crippen molar-refractivity contribution in [3.8, 4) is 0 Å². The number of hydrogen-bond acceptors (Lipinski definition) is 5. The first kappa shape index (κ1) is 21.6. The Morgan fingerprint density at radius 1 is 1.05 bits per heavy atom. The average Bonchev–Trinajstić information content (AvgIpc) is 2.27. The van der Waals surface area contributed by atoms with Crippen LogP contribution in [0.1, 0.15) is 40.5 Å². The molecule has 0 fully saturated rings. The summed E-state index contributed by atoms with van der Waals surface area (Å²) in [7, 11) is 0. The molecule has 0 bridgehead atoms. The molecule has 0 radical (unpaired) electrons. The number of carbonyl (C=O) groups is 3. The number of carboxylic acid groups (broad SMARTS) is 3. The molecule has 0 aromatic rings. The summed E-state index contributed by atoms with van der Waals surface area (Å²) in [5.74, 6) is -4.01. The van der Waals surface area contributed by atoms with Crippen LogP contribution in [0.3, 0.4) is 0 Å². The second-order valence-corrected chi connectivity index (χ2v) is 5.53. The molecule has 0 rings (SSSR count). The summed E-state index contributed by atoms with van der Waals surface area (Å²) < 4.78 is 0. The predicted molar refractivity (Wildman–Crippen MR) is 74.7 cm³/mol. The van der Waals surface area contributed by atoms with Gasteiger partial charge in [-0.2, -0.15) is 0 Å². The maximum atomic E-state index is 10.5. The second-order valence-electron chi connectivity index (χ2n) is 5.53. The summed E-state index contributed by atoms with van der Waals surface area (Å²) in [6, 6.07) is -0.690. The fraction of sp³-hybridized carbons (Fsp3) is 0.769. The largest absolute Gasteiger partial charge is 0.481 e. The van der Waals surface area contributed by atoms with E-state index in [9.17, 15) is 19.5 Å². The molecule has 8 heteroatoms. The van der Waals surface area contributed by atoms with E-state index in [1.807, 2.05) is 13.8 Å². The lowest BCUT2D eigenvalue weighted by molar-refractivity contribution is -0.170. The lowest BCUT2D eigenvalue weighted by Crippen LogP contribution is -2.45. The van der Waals surface area contributed by atoms with E-state index in [0.717, 1.165) is 0 Å². The minimum Gasteiger partial charge on any atom is -0.481 e. The third-order valence-corrected chi connectivity index (χ3v) is 2.79. The standard InChI is InChI=1S/C7H12O5.C6H13NO2/c1-4(2)7(12,6(10)11)3-5(8)9;1-4(2)3-5(7)6(8)9/h4,12H,3H2,1-2H3,(H,8,9)(H,10,11);4-5H,3,7H2,1-2H3,(H,8,9)/t;5-/m.0/s1. The van der Waals surface area contributed by atoms with Crippen LogP contribution >= 0.6 is 0 Å². The van der Waals surface area contributed by atoms with Gasteiger partial charge in [0, 0.05) is 0 Å². The fourth-order valence-electron chi connectivity index (χ4n) is 1.37. The molecule has 2 atom stereocenters. The van der Waals surface area contributed by atoms with Crippen LogP contribution in [-0.2, 0) is 14.4 Å². The minimum absolute atomic E-state index is 0.357. The summed E-state index contributed by atoms with van der Waals surface area (Å²) in [4.78, 5) is 30.8. The molecule has 0 aromatic heterocycles. The van der Waals surface area contributed by atoms with Gasteiger partial charge in [0.15, 0.2) is 5.60 Å². The van der Waals surface area contributed by atoms with Crippen LogP contribution in [-0.4, -0.2) is 50.0 Å². The Balaban J connectivity index is 0. The molecule has 1 unspecified atom stereocenters. The number of carboxylic acids is 3. The monoisotopic (exact) mass is 307 g/mol. The normalized spacial score (nSPS) is 14.9. The van der Waals surface area contributed by atoms with Crippen molar-refractivity contribution in [2.45, 2.75) is 52.2 Å². The van der Waals surface area contributed by atoms with Crippen molar-refractivity contribution < 1.29 is 34.8 Å². The zero-order valence-electron chi connectivity index (χ0n) is 12.7. The summed E-state index contributed by atoms with van der Waals surface area (Å²) in [5, 5.41) is 34.5. The molecule has 0 heterocycles. The van der Waals surface area contributed by atoms with Gasteiger partial charge in [-0.15, -0.1) is 0 Å². The summed E-state index contributed by atoms with van der Waals surface area (Å²) in [5.41, 5.74) is 3.06. The van der Waals surface area contributed by atoms with Gasteiger partial charge in [0.1, 0.15) is 6.04 Å². The van der Waals surface area contributed by atoms with E-state index in [0.29, 0.717) is 12.3 Å². The van der Waals surface area contributed by atoms with E-state index in [4.69, 9.17) is 21.1 Å². The smallest absolute Gasteiger partial charge is 0.336 e. The zero-order chi connectivity index (χ0) is 17.4. The molecule has 6 N–H and O–H groups in total. The molecule has 124 valence electrons. The van der Waals surface area contributed by atoms with Crippen LogP contribution < -0.4 is 5.73 Å². The number of aliphatic hydroxyl groups is 1. The van der Waals surface area contributed by atoms with Crippen molar-refractivity contribution >= 4 is 17.9 Å². The lowest BCUT2D eigenvalue weighted by Gasteiger charge is -2.25. The van der Waals surface area contributed by atoms with Gasteiger partial charge in [-0.1, -0.05) is 27.7 Å². The van der Waals surface area contributed by atoms with Crippen molar-refractivity contribution in [2.75, 3.05) is 0 Å². The Morgan fingerprint density at radius 2 is 1.48 bits per heavy atom. The first-order valence-electron chi connectivity index (χ1n) is 6.50. The third-order valence-electron chi connectivity index (χ3n) is 2.79. The molecule has 0 aliphatic carbocycles. The molecular weight excluding hydrogens is 282 g/mol. The highest BCUT2D eigenvalue weighted by Crippen LogP contribution is 2.21. The lowest BCUT2D eigenvalue weighted by atomic mass is 9.87. The van der Waals surface area contributed by atoms with E-state index in [1.165, 1.54) is 13.8 Å². The Bertz CT molecular complexity index is 368. The quantitative estimate of drug-likeness (QED) is 0.451. The number of aliphatic carboxylic acids is 3. The molecular formula is C13H25NO7. The Hall–Kier alpha value is -1.67. The topological polar surface area (TPSA) is 158 Å². The van der Waals surface area contributed by atoms with E-state index < -0.39 is 41.9 Å². The van der Waals surface area contributed by atoms with Crippen LogP contribution in [0, 0.1) is 11.8 Å². The van der Waals surface area contributed by atoms with E-state index in [2.05, 4.69) is 0 Å². The highest BCUT2D eigenvalue weighted by atomic mass is 16.4. The number of hydrogen-bond donors (Lipinski definition) is 5. The van der Waals surface area contributed by atoms with Gasteiger partial charge in [-0.25, -0.2) is 4.79 Å². The fourth-order valence-corrected chi connectivity index (χ4v) is 1.37. The van der Waals surface area contributed by atoms with Crippen molar-refractivity contribution in [3.05, 3.63) is 0 Å². The highest BCUT2D eigenvalue weighted by molar-refractivity contribution is 5.83. The van der Waals surface area contributed by atoms with Gasteiger partial charge < -0.3 is 26.2 Å². The van der Waals surface area contributed by atoms with Gasteiger partial charge in [0.05, 0.1) is 6.42 Å². The van der Waals surface area contributed by atoms with Crippen LogP contribution in [0.25, 0.3) is 0 Å². The average molecular weight is 307 g/mol. The van der Waals surface area contributed by atoms with Crippen LogP contribution in [0.2, 0.25) is 0 Å². The Morgan fingerprint density at radius 3 is 1.57 bits per heavy atom. The number of nitrogens with two attached hydrogens (primary N) is 1. The maximum Gasteiger partial charge on any atom is 0.336 e. The van der Waals surface area contributed by atoms with Crippen molar-refractivity contribution in [2.24, 2.45) is 17.6 Å². The van der Waals surface area contributed by atoms with Crippen LogP contribution in [0.4, 0.5) is 0 Å². The first-order chi connectivity index (χ1) is 9.34. The summed E-state index contributed by atoms with van der Waals surface area (Å²) >= 11 is 0. The van der Waals surface area contributed by atoms with Crippen LogP contribution in [0.5, 0.6) is 0 Å². The zero-order valence-corrected chi connectivity index (χ0v) is 12.7. The molecule has 0 saturated heterocycles. The SMILES string of the molecule is CC(C)C(O)(CC(=O)O)C(=O)O.CC(C)C[C@H](N)C(=O)O. The highest BCUT2D eigenvalue weighted by Gasteiger charge is 2.41. The van der Waals surface area contributed by atoms with E-state index >= 15 is 0 Å². The maximum absolute atomic E-state index is 10.5. The minimum atomic E-state index is -2.16. The molecule has 8 nitrogen and oxygen atoms in total. The molecule has 0 spiro atoms. The van der Waals surface area contributed by atoms with Gasteiger partial charge in [0.2, 0.25) is 0 Å². The van der Waals surface area contributed by atoms with Crippen molar-refractivity contribution in [1.29, 1.82) is 0 Å². The van der Waals surface area contributed by atoms with E-state index in [1.54, 1.807) is 0 Å². The van der Waals surface area contributed by atoms with Crippen LogP contribution in [0.15, 0.2) is 0 Å². The number of rotatable bonds is 7. The van der Waals surface area contributed by atoms with Gasteiger partial charge in [-0.3, -0.25) is 9.59 Å². The molecule has 0 aromatic carbocycles.